The maximum Gasteiger partial charge on any atom is 0.251 e. The zero-order valence-corrected chi connectivity index (χ0v) is 18.5. The lowest BCUT2D eigenvalue weighted by atomic mass is 10.1. The van der Waals surface area contributed by atoms with E-state index in [0.29, 0.717) is 18.7 Å². The number of imidazole rings is 1. The van der Waals surface area contributed by atoms with E-state index in [1.165, 1.54) is 6.07 Å². The van der Waals surface area contributed by atoms with E-state index in [2.05, 4.69) is 14.9 Å². The van der Waals surface area contributed by atoms with Gasteiger partial charge in [-0.1, -0.05) is 12.5 Å². The standard InChI is InChI=1S/C22H30N4O3S/c1-16-9-10-19(30(28,29)26-12-6-3-7-17(26)2)13-20(16)22(27)23-14-18-15-25-11-5-4-8-21(25)24-18/h9-10,13,15,17H,3-8,11-12,14H2,1-2H3,(H,23,27). The summed E-state index contributed by atoms with van der Waals surface area (Å²) in [6, 6.07) is 4.81. The van der Waals surface area contributed by atoms with Crippen molar-refractivity contribution in [1.29, 1.82) is 0 Å². The van der Waals surface area contributed by atoms with Crippen molar-refractivity contribution < 1.29 is 13.2 Å². The van der Waals surface area contributed by atoms with E-state index in [4.69, 9.17) is 0 Å². The highest BCUT2D eigenvalue weighted by Gasteiger charge is 2.31. The molecular weight excluding hydrogens is 400 g/mol. The van der Waals surface area contributed by atoms with Crippen molar-refractivity contribution in [1.82, 2.24) is 19.2 Å². The van der Waals surface area contributed by atoms with Gasteiger partial charge in [0.05, 0.1) is 17.1 Å². The summed E-state index contributed by atoms with van der Waals surface area (Å²) in [5.41, 5.74) is 1.98. The monoisotopic (exact) mass is 430 g/mol. The average molecular weight is 431 g/mol. The number of nitrogens with zero attached hydrogens (tertiary/aromatic N) is 3. The van der Waals surface area contributed by atoms with Crippen molar-refractivity contribution in [3.05, 3.63) is 47.0 Å². The number of carbonyl (C=O) groups excluding carboxylic acids is 1. The highest BCUT2D eigenvalue weighted by Crippen LogP contribution is 2.26. The molecule has 1 fully saturated rings. The Hall–Kier alpha value is -2.19. The van der Waals surface area contributed by atoms with Crippen LogP contribution < -0.4 is 5.32 Å². The van der Waals surface area contributed by atoms with Crippen LogP contribution in [0.25, 0.3) is 0 Å². The lowest BCUT2D eigenvalue weighted by molar-refractivity contribution is 0.0949. The third-order valence-corrected chi connectivity index (χ3v) is 8.20. The molecule has 8 heteroatoms. The van der Waals surface area contributed by atoms with E-state index < -0.39 is 10.0 Å². The van der Waals surface area contributed by atoms with Crippen LogP contribution in [0.2, 0.25) is 0 Å². The highest BCUT2D eigenvalue weighted by atomic mass is 32.2. The molecule has 2 aromatic rings. The maximum absolute atomic E-state index is 13.2. The molecule has 1 aromatic heterocycles. The minimum absolute atomic E-state index is 0.0192. The molecule has 7 nitrogen and oxygen atoms in total. The Labute approximate surface area is 178 Å². The number of rotatable bonds is 5. The number of benzene rings is 1. The molecule has 30 heavy (non-hydrogen) atoms. The summed E-state index contributed by atoms with van der Waals surface area (Å²) in [5, 5.41) is 2.91. The van der Waals surface area contributed by atoms with Crippen LogP contribution in [0.1, 0.15) is 66.5 Å². The fourth-order valence-corrected chi connectivity index (χ4v) is 6.12. The third kappa shape index (κ3) is 4.16. The first-order chi connectivity index (χ1) is 14.4. The summed E-state index contributed by atoms with van der Waals surface area (Å²) < 4.78 is 30.0. The van der Waals surface area contributed by atoms with E-state index in [-0.39, 0.29) is 16.8 Å². The van der Waals surface area contributed by atoms with Crippen LogP contribution in [0.5, 0.6) is 0 Å². The van der Waals surface area contributed by atoms with Crippen molar-refractivity contribution in [2.24, 2.45) is 0 Å². The number of fused-ring (bicyclic) bond motifs is 1. The zero-order valence-electron chi connectivity index (χ0n) is 17.7. The summed E-state index contributed by atoms with van der Waals surface area (Å²) in [4.78, 5) is 17.6. The molecule has 0 radical (unpaired) electrons. The summed E-state index contributed by atoms with van der Waals surface area (Å²) in [5.74, 6) is 0.799. The SMILES string of the molecule is Cc1ccc(S(=O)(=O)N2CCCCC2C)cc1C(=O)NCc1cn2c(n1)CCCC2. The maximum atomic E-state index is 13.2. The van der Waals surface area contributed by atoms with Crippen LogP contribution in [0.3, 0.4) is 0 Å². The largest absolute Gasteiger partial charge is 0.346 e. The second kappa shape index (κ2) is 8.51. The lowest BCUT2D eigenvalue weighted by Crippen LogP contribution is -2.42. The lowest BCUT2D eigenvalue weighted by Gasteiger charge is -2.32. The van der Waals surface area contributed by atoms with Crippen LogP contribution in [0.4, 0.5) is 0 Å². The number of carbonyl (C=O) groups is 1. The van der Waals surface area contributed by atoms with Gasteiger partial charge >= 0.3 is 0 Å². The van der Waals surface area contributed by atoms with Gasteiger partial charge in [-0.2, -0.15) is 4.31 Å². The molecule has 0 saturated carbocycles. The van der Waals surface area contributed by atoms with Gasteiger partial charge in [0.25, 0.3) is 5.91 Å². The Morgan fingerprint density at radius 1 is 1.20 bits per heavy atom. The molecule has 0 bridgehead atoms. The molecular formula is C22H30N4O3S. The molecule has 4 rings (SSSR count). The molecule has 162 valence electrons. The number of aryl methyl sites for hydroxylation is 3. The van der Waals surface area contributed by atoms with Crippen LogP contribution in [0.15, 0.2) is 29.3 Å². The Bertz CT molecular complexity index is 1020. The van der Waals surface area contributed by atoms with E-state index in [1.54, 1.807) is 16.4 Å². The molecule has 1 saturated heterocycles. The quantitative estimate of drug-likeness (QED) is 0.790. The predicted octanol–water partition coefficient (Wildman–Crippen LogP) is 3.02. The molecule has 2 aliphatic rings. The second-order valence-corrected chi connectivity index (χ2v) is 10.3. The van der Waals surface area contributed by atoms with E-state index in [9.17, 15) is 13.2 Å². The first-order valence-corrected chi connectivity index (χ1v) is 12.3. The number of amides is 1. The van der Waals surface area contributed by atoms with Crippen LogP contribution in [-0.4, -0.2) is 40.8 Å². The van der Waals surface area contributed by atoms with E-state index >= 15 is 0 Å². The Morgan fingerprint density at radius 2 is 2.00 bits per heavy atom. The highest BCUT2D eigenvalue weighted by molar-refractivity contribution is 7.89. The molecule has 0 aliphatic carbocycles. The van der Waals surface area contributed by atoms with Gasteiger partial charge in [-0.25, -0.2) is 13.4 Å². The molecule has 3 heterocycles. The Morgan fingerprint density at radius 3 is 2.77 bits per heavy atom. The molecule has 1 unspecified atom stereocenters. The van der Waals surface area contributed by atoms with Gasteiger partial charge in [0, 0.05) is 37.3 Å². The van der Waals surface area contributed by atoms with E-state index in [1.807, 2.05) is 20.0 Å². The summed E-state index contributed by atoms with van der Waals surface area (Å²) >= 11 is 0. The van der Waals surface area contributed by atoms with Crippen LogP contribution in [0, 0.1) is 6.92 Å². The minimum Gasteiger partial charge on any atom is -0.346 e. The molecule has 0 spiro atoms. The van der Waals surface area contributed by atoms with Gasteiger partial charge in [0.15, 0.2) is 0 Å². The first-order valence-electron chi connectivity index (χ1n) is 10.8. The van der Waals surface area contributed by atoms with E-state index in [0.717, 1.165) is 62.2 Å². The fourth-order valence-electron chi connectivity index (χ4n) is 4.39. The van der Waals surface area contributed by atoms with Gasteiger partial charge in [-0.3, -0.25) is 4.79 Å². The van der Waals surface area contributed by atoms with Crippen LogP contribution >= 0.6 is 0 Å². The number of aromatic nitrogens is 2. The number of hydrogen-bond donors (Lipinski definition) is 1. The third-order valence-electron chi connectivity index (χ3n) is 6.19. The van der Waals surface area contributed by atoms with Gasteiger partial charge in [0.2, 0.25) is 10.0 Å². The summed E-state index contributed by atoms with van der Waals surface area (Å²) in [6.07, 6.45) is 8.07. The summed E-state index contributed by atoms with van der Waals surface area (Å²) in [7, 11) is -3.62. The molecule has 1 amide bonds. The number of nitrogens with one attached hydrogen (secondary N) is 1. The predicted molar refractivity (Wildman–Crippen MR) is 115 cm³/mol. The normalized spacial score (nSPS) is 20.0. The van der Waals surface area contributed by atoms with Crippen LogP contribution in [-0.2, 0) is 29.5 Å². The fraction of sp³-hybridized carbons (Fsp3) is 0.545. The summed E-state index contributed by atoms with van der Waals surface area (Å²) in [6.45, 7) is 5.61. The Kier molecular flexibility index (Phi) is 5.97. The average Bonchev–Trinajstić information content (AvgIpc) is 3.15. The molecule has 1 atom stereocenters. The van der Waals surface area contributed by atoms with Crippen molar-refractivity contribution in [2.45, 2.75) is 76.4 Å². The van der Waals surface area contributed by atoms with Crippen molar-refractivity contribution in [2.75, 3.05) is 6.54 Å². The van der Waals surface area contributed by atoms with Crippen molar-refractivity contribution >= 4 is 15.9 Å². The zero-order chi connectivity index (χ0) is 21.3. The van der Waals surface area contributed by atoms with Gasteiger partial charge in [-0.15, -0.1) is 0 Å². The molecule has 2 aliphatic heterocycles. The topological polar surface area (TPSA) is 84.3 Å². The number of sulfonamides is 1. The van der Waals surface area contributed by atoms with Crippen molar-refractivity contribution in [3.8, 4) is 0 Å². The van der Waals surface area contributed by atoms with Gasteiger partial charge < -0.3 is 9.88 Å². The number of hydrogen-bond acceptors (Lipinski definition) is 4. The Balaban J connectivity index is 1.51. The van der Waals surface area contributed by atoms with Gasteiger partial charge in [-0.05, 0) is 57.2 Å². The second-order valence-electron chi connectivity index (χ2n) is 8.42. The minimum atomic E-state index is -3.62. The number of piperidine rings is 1. The van der Waals surface area contributed by atoms with Gasteiger partial charge in [0.1, 0.15) is 5.82 Å². The smallest absolute Gasteiger partial charge is 0.251 e. The first kappa shape index (κ1) is 21.1. The van der Waals surface area contributed by atoms with Crippen molar-refractivity contribution in [3.63, 3.8) is 0 Å². The molecule has 1 N–H and O–H groups in total. The molecule has 1 aromatic carbocycles.